The number of ether oxygens (including phenoxy) is 1. The SMILES string of the molecule is Cc1ccc2[nH]c3c(c2c1)CCN1C[C@H]2[C@H](C)OC=C(C=O)[C@H]2C[C@H]31. The summed E-state index contributed by atoms with van der Waals surface area (Å²) in [5, 5.41) is 1.38. The molecule has 4 nitrogen and oxygen atoms in total. The van der Waals surface area contributed by atoms with Crippen LogP contribution in [0.5, 0.6) is 0 Å². The number of nitrogens with one attached hydrogen (secondary N) is 1. The van der Waals surface area contributed by atoms with E-state index in [-0.39, 0.29) is 6.10 Å². The molecule has 3 aliphatic rings. The molecule has 4 atom stereocenters. The zero-order chi connectivity index (χ0) is 17.1. The molecule has 5 rings (SSSR count). The number of fused-ring (bicyclic) bond motifs is 6. The highest BCUT2D eigenvalue weighted by Gasteiger charge is 2.45. The number of hydrogen-bond acceptors (Lipinski definition) is 3. The Morgan fingerprint density at radius 3 is 3.08 bits per heavy atom. The first-order chi connectivity index (χ1) is 12.2. The molecule has 1 fully saturated rings. The van der Waals surface area contributed by atoms with Gasteiger partial charge in [-0.1, -0.05) is 11.6 Å². The number of carbonyl (C=O) groups is 1. The zero-order valence-electron chi connectivity index (χ0n) is 14.8. The molecule has 0 spiro atoms. The van der Waals surface area contributed by atoms with Crippen molar-refractivity contribution in [2.45, 2.75) is 38.8 Å². The van der Waals surface area contributed by atoms with Gasteiger partial charge in [-0.2, -0.15) is 0 Å². The maximum absolute atomic E-state index is 11.5. The topological polar surface area (TPSA) is 45.3 Å². The predicted molar refractivity (Wildman–Crippen MR) is 97.3 cm³/mol. The highest BCUT2D eigenvalue weighted by atomic mass is 16.5. The Labute approximate surface area is 147 Å². The van der Waals surface area contributed by atoms with E-state index in [2.05, 4.69) is 41.9 Å². The van der Waals surface area contributed by atoms with Gasteiger partial charge < -0.3 is 9.72 Å². The summed E-state index contributed by atoms with van der Waals surface area (Å²) < 4.78 is 5.73. The van der Waals surface area contributed by atoms with E-state index in [1.165, 1.54) is 27.7 Å². The number of rotatable bonds is 1. The first kappa shape index (κ1) is 15.2. The second kappa shape index (κ2) is 5.46. The monoisotopic (exact) mass is 336 g/mol. The average Bonchev–Trinajstić information content (AvgIpc) is 2.99. The van der Waals surface area contributed by atoms with E-state index in [0.717, 1.165) is 37.8 Å². The van der Waals surface area contributed by atoms with Gasteiger partial charge in [0.25, 0.3) is 0 Å². The molecular formula is C21H24N2O2. The van der Waals surface area contributed by atoms with Gasteiger partial charge in [-0.3, -0.25) is 9.69 Å². The van der Waals surface area contributed by atoms with Crippen molar-refractivity contribution in [3.63, 3.8) is 0 Å². The van der Waals surface area contributed by atoms with Crippen molar-refractivity contribution in [3.05, 3.63) is 46.9 Å². The van der Waals surface area contributed by atoms with E-state index >= 15 is 0 Å². The van der Waals surface area contributed by atoms with Crippen molar-refractivity contribution in [2.24, 2.45) is 11.8 Å². The Balaban J connectivity index is 1.57. The quantitative estimate of drug-likeness (QED) is 0.811. The minimum atomic E-state index is 0.182. The molecule has 4 heteroatoms. The van der Waals surface area contributed by atoms with E-state index in [4.69, 9.17) is 4.74 Å². The zero-order valence-corrected chi connectivity index (χ0v) is 14.8. The van der Waals surface area contributed by atoms with Gasteiger partial charge in [0.05, 0.1) is 18.4 Å². The summed E-state index contributed by atoms with van der Waals surface area (Å²) in [6, 6.07) is 7.06. The maximum Gasteiger partial charge on any atom is 0.149 e. The van der Waals surface area contributed by atoms with Crippen molar-refractivity contribution >= 4 is 17.2 Å². The lowest BCUT2D eigenvalue weighted by atomic mass is 9.72. The molecule has 0 radical (unpaired) electrons. The summed E-state index contributed by atoms with van der Waals surface area (Å²) in [6.07, 6.45) is 4.98. The normalized spacial score (nSPS) is 31.5. The number of nitrogens with zero attached hydrogens (tertiary/aromatic N) is 1. The molecule has 0 bridgehead atoms. The molecule has 0 unspecified atom stereocenters. The van der Waals surface area contributed by atoms with Gasteiger partial charge in [0.2, 0.25) is 0 Å². The molecular weight excluding hydrogens is 312 g/mol. The number of benzene rings is 1. The Kier molecular flexibility index (Phi) is 3.32. The molecule has 2 aromatic rings. The van der Waals surface area contributed by atoms with Gasteiger partial charge in [-0.05, 0) is 50.3 Å². The second-order valence-electron chi connectivity index (χ2n) is 7.91. The van der Waals surface area contributed by atoms with Gasteiger partial charge in [0.15, 0.2) is 0 Å². The van der Waals surface area contributed by atoms with Crippen molar-refractivity contribution < 1.29 is 9.53 Å². The van der Waals surface area contributed by atoms with Crippen molar-refractivity contribution in [2.75, 3.05) is 13.1 Å². The van der Waals surface area contributed by atoms with Gasteiger partial charge in [0, 0.05) is 41.2 Å². The number of aryl methyl sites for hydroxylation is 1. The Hall–Kier alpha value is -2.07. The van der Waals surface area contributed by atoms with Gasteiger partial charge in [-0.25, -0.2) is 0 Å². The lowest BCUT2D eigenvalue weighted by molar-refractivity contribution is -0.107. The van der Waals surface area contributed by atoms with Crippen LogP contribution in [0.15, 0.2) is 30.0 Å². The predicted octanol–water partition coefficient (Wildman–Crippen LogP) is 3.51. The molecule has 1 aromatic heterocycles. The second-order valence-corrected chi connectivity index (χ2v) is 7.91. The molecule has 1 N–H and O–H groups in total. The summed E-state index contributed by atoms with van der Waals surface area (Å²) in [5.41, 5.74) is 6.24. The van der Waals surface area contributed by atoms with Crippen LogP contribution in [0.3, 0.4) is 0 Å². The number of H-pyrrole nitrogens is 1. The van der Waals surface area contributed by atoms with Gasteiger partial charge in [0.1, 0.15) is 6.29 Å². The molecule has 4 heterocycles. The van der Waals surface area contributed by atoms with E-state index in [0.29, 0.717) is 17.9 Å². The lowest BCUT2D eigenvalue weighted by Gasteiger charge is -2.49. The molecule has 130 valence electrons. The molecule has 3 aliphatic heterocycles. The Morgan fingerprint density at radius 2 is 2.24 bits per heavy atom. The van der Waals surface area contributed by atoms with Crippen LogP contribution < -0.4 is 0 Å². The van der Waals surface area contributed by atoms with E-state index in [9.17, 15) is 4.79 Å². The van der Waals surface area contributed by atoms with Crippen LogP contribution in [-0.2, 0) is 16.0 Å². The largest absolute Gasteiger partial charge is 0.498 e. The number of aromatic amines is 1. The molecule has 1 aromatic carbocycles. The summed E-state index contributed by atoms with van der Waals surface area (Å²) in [4.78, 5) is 17.8. The van der Waals surface area contributed by atoms with E-state index < -0.39 is 0 Å². The van der Waals surface area contributed by atoms with E-state index in [1.807, 2.05) is 0 Å². The number of piperidine rings is 1. The third-order valence-corrected chi connectivity index (χ3v) is 6.54. The van der Waals surface area contributed by atoms with Crippen LogP contribution in [0.2, 0.25) is 0 Å². The van der Waals surface area contributed by atoms with Crippen LogP contribution in [-0.4, -0.2) is 35.4 Å². The fourth-order valence-electron chi connectivity index (χ4n) is 5.18. The standard InChI is InChI=1S/C21H24N2O2/c1-12-3-4-19-17(7-12)15-5-6-23-9-18-13(2)25-11-14(10-24)16(18)8-20(23)21(15)22-19/h3-4,7,10-11,13,16,18,20,22H,5-6,8-9H2,1-2H3/t13-,16+,18-,20+/m0/s1. The minimum absolute atomic E-state index is 0.182. The number of aromatic nitrogens is 1. The van der Waals surface area contributed by atoms with Crippen LogP contribution in [0.25, 0.3) is 10.9 Å². The Morgan fingerprint density at radius 1 is 1.36 bits per heavy atom. The minimum Gasteiger partial charge on any atom is -0.498 e. The first-order valence-corrected chi connectivity index (χ1v) is 9.31. The fourth-order valence-corrected chi connectivity index (χ4v) is 5.18. The molecule has 0 aliphatic carbocycles. The van der Waals surface area contributed by atoms with Crippen LogP contribution >= 0.6 is 0 Å². The van der Waals surface area contributed by atoms with Crippen molar-refractivity contribution in [3.8, 4) is 0 Å². The first-order valence-electron chi connectivity index (χ1n) is 9.31. The lowest BCUT2D eigenvalue weighted by Crippen LogP contribution is -2.50. The molecule has 0 amide bonds. The Bertz CT molecular complexity index is 881. The van der Waals surface area contributed by atoms with Crippen molar-refractivity contribution in [1.29, 1.82) is 0 Å². The number of hydrogen-bond donors (Lipinski definition) is 1. The van der Waals surface area contributed by atoms with Gasteiger partial charge in [-0.15, -0.1) is 0 Å². The highest BCUT2D eigenvalue weighted by Crippen LogP contribution is 2.47. The smallest absolute Gasteiger partial charge is 0.149 e. The molecule has 0 saturated carbocycles. The number of carbonyl (C=O) groups excluding carboxylic acids is 1. The average molecular weight is 336 g/mol. The number of aldehydes is 1. The molecule has 25 heavy (non-hydrogen) atoms. The highest BCUT2D eigenvalue weighted by molar-refractivity contribution is 5.86. The molecule has 1 saturated heterocycles. The van der Waals surface area contributed by atoms with Gasteiger partial charge >= 0.3 is 0 Å². The summed E-state index contributed by atoms with van der Waals surface area (Å²) in [7, 11) is 0. The summed E-state index contributed by atoms with van der Waals surface area (Å²) >= 11 is 0. The summed E-state index contributed by atoms with van der Waals surface area (Å²) in [6.45, 7) is 6.39. The number of allylic oxidation sites excluding steroid dienone is 1. The van der Waals surface area contributed by atoms with E-state index in [1.54, 1.807) is 6.26 Å². The third kappa shape index (κ3) is 2.20. The van der Waals surface area contributed by atoms with Crippen LogP contribution in [0.1, 0.15) is 36.2 Å². The maximum atomic E-state index is 11.5. The van der Waals surface area contributed by atoms with Crippen LogP contribution in [0, 0.1) is 18.8 Å². The summed E-state index contributed by atoms with van der Waals surface area (Å²) in [5.74, 6) is 0.719. The third-order valence-electron chi connectivity index (χ3n) is 6.54. The van der Waals surface area contributed by atoms with Crippen LogP contribution in [0.4, 0.5) is 0 Å². The fraction of sp³-hybridized carbons (Fsp3) is 0.476. The van der Waals surface area contributed by atoms with Crippen molar-refractivity contribution in [1.82, 2.24) is 9.88 Å².